The number of hydrogen-bond acceptors (Lipinski definition) is 8. The van der Waals surface area contributed by atoms with Crippen LogP contribution in [0.25, 0.3) is 10.7 Å². The summed E-state index contributed by atoms with van der Waals surface area (Å²) in [5, 5.41) is 16.8. The number of thioether (sulfide) groups is 1. The van der Waals surface area contributed by atoms with Crippen LogP contribution in [0.3, 0.4) is 0 Å². The molecule has 1 atom stereocenters. The maximum atomic E-state index is 12.6. The monoisotopic (exact) mass is 359 g/mol. The van der Waals surface area contributed by atoms with Gasteiger partial charge in [-0.2, -0.15) is 5.21 Å². The highest BCUT2D eigenvalue weighted by molar-refractivity contribution is 7.99. The third-order valence-electron chi connectivity index (χ3n) is 3.63. The molecule has 122 valence electrons. The number of nitrogens with one attached hydrogen (secondary N) is 1. The number of aromatic amines is 1. The van der Waals surface area contributed by atoms with Gasteiger partial charge in [0.2, 0.25) is 5.91 Å². The van der Waals surface area contributed by atoms with E-state index < -0.39 is 0 Å². The summed E-state index contributed by atoms with van der Waals surface area (Å²) in [6.07, 6.45) is 2.00. The SMILES string of the molecule is O=C(Cc1csc(-c2ccccn2)n1)N1CSCC1c1nn[nH]n1. The van der Waals surface area contributed by atoms with Gasteiger partial charge in [0.05, 0.1) is 23.7 Å². The number of tetrazole rings is 1. The third-order valence-corrected chi connectivity index (χ3v) is 5.56. The molecule has 0 bridgehead atoms. The van der Waals surface area contributed by atoms with E-state index in [0.29, 0.717) is 11.7 Å². The Balaban J connectivity index is 1.47. The normalized spacial score (nSPS) is 17.3. The fourth-order valence-corrected chi connectivity index (χ4v) is 4.44. The molecule has 1 aliphatic heterocycles. The number of carbonyl (C=O) groups is 1. The third kappa shape index (κ3) is 3.02. The summed E-state index contributed by atoms with van der Waals surface area (Å²) in [4.78, 5) is 23.2. The zero-order valence-electron chi connectivity index (χ0n) is 12.5. The fraction of sp³-hybridized carbons (Fsp3) is 0.286. The van der Waals surface area contributed by atoms with E-state index in [1.54, 1.807) is 22.9 Å². The number of rotatable bonds is 4. The molecule has 1 fully saturated rings. The molecule has 3 aromatic rings. The molecule has 1 unspecified atom stereocenters. The lowest BCUT2D eigenvalue weighted by Crippen LogP contribution is -2.33. The first-order valence-corrected chi connectivity index (χ1v) is 9.31. The maximum absolute atomic E-state index is 12.6. The van der Waals surface area contributed by atoms with Crippen molar-refractivity contribution in [1.82, 2.24) is 35.5 Å². The first-order valence-electron chi connectivity index (χ1n) is 7.27. The van der Waals surface area contributed by atoms with Crippen molar-refractivity contribution in [2.45, 2.75) is 12.5 Å². The Hall–Kier alpha value is -2.33. The second-order valence-corrected chi connectivity index (χ2v) is 7.04. The van der Waals surface area contributed by atoms with E-state index in [1.807, 2.05) is 23.6 Å². The van der Waals surface area contributed by atoms with Crippen molar-refractivity contribution in [2.24, 2.45) is 0 Å². The van der Waals surface area contributed by atoms with Gasteiger partial charge in [-0.3, -0.25) is 9.78 Å². The zero-order chi connectivity index (χ0) is 16.4. The van der Waals surface area contributed by atoms with Crippen LogP contribution in [0.15, 0.2) is 29.8 Å². The summed E-state index contributed by atoms with van der Waals surface area (Å²) in [7, 11) is 0. The van der Waals surface area contributed by atoms with Crippen LogP contribution in [0, 0.1) is 0 Å². The van der Waals surface area contributed by atoms with E-state index in [-0.39, 0.29) is 18.4 Å². The number of pyridine rings is 1. The molecule has 4 heterocycles. The molecule has 1 amide bonds. The quantitative estimate of drug-likeness (QED) is 0.754. The number of nitrogens with zero attached hydrogens (tertiary/aromatic N) is 6. The van der Waals surface area contributed by atoms with Crippen molar-refractivity contribution in [3.8, 4) is 10.7 Å². The van der Waals surface area contributed by atoms with Gasteiger partial charge in [-0.15, -0.1) is 33.3 Å². The van der Waals surface area contributed by atoms with Gasteiger partial charge >= 0.3 is 0 Å². The van der Waals surface area contributed by atoms with Crippen molar-refractivity contribution in [2.75, 3.05) is 11.6 Å². The summed E-state index contributed by atoms with van der Waals surface area (Å²) < 4.78 is 0. The van der Waals surface area contributed by atoms with Gasteiger partial charge in [-0.25, -0.2) is 4.98 Å². The first kappa shape index (κ1) is 15.2. The van der Waals surface area contributed by atoms with Crippen LogP contribution in [0.5, 0.6) is 0 Å². The predicted molar refractivity (Wildman–Crippen MR) is 90.1 cm³/mol. The summed E-state index contributed by atoms with van der Waals surface area (Å²) in [6, 6.07) is 5.57. The van der Waals surface area contributed by atoms with Crippen LogP contribution in [-0.4, -0.2) is 53.0 Å². The highest BCUT2D eigenvalue weighted by Crippen LogP contribution is 2.31. The van der Waals surface area contributed by atoms with Crippen molar-refractivity contribution in [3.63, 3.8) is 0 Å². The lowest BCUT2D eigenvalue weighted by atomic mass is 10.2. The minimum absolute atomic E-state index is 0.0210. The highest BCUT2D eigenvalue weighted by Gasteiger charge is 2.33. The topological polar surface area (TPSA) is 101 Å². The number of amides is 1. The highest BCUT2D eigenvalue weighted by atomic mass is 32.2. The molecule has 10 heteroatoms. The minimum Gasteiger partial charge on any atom is -0.322 e. The number of H-pyrrole nitrogens is 1. The van der Waals surface area contributed by atoms with Crippen molar-refractivity contribution >= 4 is 29.0 Å². The number of carbonyl (C=O) groups excluding carboxylic acids is 1. The summed E-state index contributed by atoms with van der Waals surface area (Å²) in [5.41, 5.74) is 1.58. The molecule has 3 aromatic heterocycles. The maximum Gasteiger partial charge on any atom is 0.229 e. The fourth-order valence-electron chi connectivity index (χ4n) is 2.46. The van der Waals surface area contributed by atoms with Crippen LogP contribution >= 0.6 is 23.1 Å². The van der Waals surface area contributed by atoms with Gasteiger partial charge in [-0.1, -0.05) is 11.3 Å². The molecule has 0 spiro atoms. The number of hydrogen-bond donors (Lipinski definition) is 1. The van der Waals surface area contributed by atoms with E-state index >= 15 is 0 Å². The molecule has 0 aromatic carbocycles. The summed E-state index contributed by atoms with van der Waals surface area (Å²) >= 11 is 3.18. The molecule has 24 heavy (non-hydrogen) atoms. The summed E-state index contributed by atoms with van der Waals surface area (Å²) in [6.45, 7) is 0. The van der Waals surface area contributed by atoms with Crippen LogP contribution in [0.4, 0.5) is 0 Å². The van der Waals surface area contributed by atoms with Gasteiger partial charge < -0.3 is 4.90 Å². The van der Waals surface area contributed by atoms with E-state index in [2.05, 4.69) is 30.6 Å². The van der Waals surface area contributed by atoms with Crippen LogP contribution in [-0.2, 0) is 11.2 Å². The molecule has 0 radical (unpaired) electrons. The van der Waals surface area contributed by atoms with Crippen LogP contribution in [0.1, 0.15) is 17.6 Å². The van der Waals surface area contributed by atoms with E-state index in [0.717, 1.165) is 22.1 Å². The molecule has 1 saturated heterocycles. The van der Waals surface area contributed by atoms with Crippen molar-refractivity contribution in [1.29, 1.82) is 0 Å². The second-order valence-electron chi connectivity index (χ2n) is 5.18. The van der Waals surface area contributed by atoms with E-state index in [9.17, 15) is 4.79 Å². The smallest absolute Gasteiger partial charge is 0.229 e. The Kier molecular flexibility index (Phi) is 4.22. The summed E-state index contributed by atoms with van der Waals surface area (Å²) in [5.74, 6) is 1.99. The predicted octanol–water partition coefficient (Wildman–Crippen LogP) is 1.53. The Morgan fingerprint density at radius 3 is 3.17 bits per heavy atom. The Morgan fingerprint density at radius 1 is 1.42 bits per heavy atom. The van der Waals surface area contributed by atoms with Gasteiger partial charge in [0.25, 0.3) is 0 Å². The minimum atomic E-state index is -0.129. The number of thiazole rings is 1. The molecule has 0 aliphatic carbocycles. The van der Waals surface area contributed by atoms with Gasteiger partial charge in [-0.05, 0) is 12.1 Å². The molecule has 4 rings (SSSR count). The van der Waals surface area contributed by atoms with Crippen LogP contribution in [0.2, 0.25) is 0 Å². The second kappa shape index (κ2) is 6.65. The van der Waals surface area contributed by atoms with Crippen molar-refractivity contribution < 1.29 is 4.79 Å². The molecule has 0 saturated carbocycles. The largest absolute Gasteiger partial charge is 0.322 e. The lowest BCUT2D eigenvalue weighted by Gasteiger charge is -2.20. The molecule has 1 aliphatic rings. The Bertz CT molecular complexity index is 821. The lowest BCUT2D eigenvalue weighted by molar-refractivity contribution is -0.131. The van der Waals surface area contributed by atoms with Crippen molar-refractivity contribution in [3.05, 3.63) is 41.3 Å². The van der Waals surface area contributed by atoms with E-state index in [1.165, 1.54) is 11.3 Å². The van der Waals surface area contributed by atoms with Gasteiger partial charge in [0, 0.05) is 17.3 Å². The Labute approximate surface area is 145 Å². The molecular formula is C14H13N7OS2. The van der Waals surface area contributed by atoms with E-state index in [4.69, 9.17) is 0 Å². The number of aromatic nitrogens is 6. The molecule has 1 N–H and O–H groups in total. The molecule has 8 nitrogen and oxygen atoms in total. The van der Waals surface area contributed by atoms with Gasteiger partial charge in [0.1, 0.15) is 11.0 Å². The average Bonchev–Trinajstić information content (AvgIpc) is 3.36. The van der Waals surface area contributed by atoms with Gasteiger partial charge in [0.15, 0.2) is 5.82 Å². The Morgan fingerprint density at radius 2 is 2.38 bits per heavy atom. The first-order chi connectivity index (χ1) is 11.8. The zero-order valence-corrected chi connectivity index (χ0v) is 14.1. The molecular weight excluding hydrogens is 346 g/mol. The van der Waals surface area contributed by atoms with Crippen LogP contribution < -0.4 is 0 Å². The standard InChI is InChI=1S/C14H13N7OS2/c22-12(21-8-23-7-11(21)13-17-19-20-18-13)5-9-6-24-14(16-9)10-3-1-2-4-15-10/h1-4,6,11H,5,7-8H2,(H,17,18,19,20). The average molecular weight is 359 g/mol.